The molecule has 0 spiro atoms. The van der Waals surface area contributed by atoms with E-state index in [-0.39, 0.29) is 17.4 Å². The summed E-state index contributed by atoms with van der Waals surface area (Å²) in [5.74, 6) is 0.731. The van der Waals surface area contributed by atoms with Gasteiger partial charge in [-0.25, -0.2) is 0 Å². The number of rotatable bonds is 3. The van der Waals surface area contributed by atoms with Crippen molar-refractivity contribution in [3.8, 4) is 0 Å². The van der Waals surface area contributed by atoms with Gasteiger partial charge in [0, 0.05) is 11.8 Å². The molecule has 0 radical (unpaired) electrons. The predicted molar refractivity (Wildman–Crippen MR) is 54.9 cm³/mol. The summed E-state index contributed by atoms with van der Waals surface area (Å²) in [7, 11) is 0. The number of carbonyl (C=O) groups excluding carboxylic acids is 1. The Labute approximate surface area is 85.0 Å². The number of nitrogens with one attached hydrogen (secondary N) is 1. The summed E-state index contributed by atoms with van der Waals surface area (Å²) in [6, 6.07) is 0. The Morgan fingerprint density at radius 1 is 1.46 bits per heavy atom. The van der Waals surface area contributed by atoms with Crippen LogP contribution in [0.4, 0.5) is 0 Å². The van der Waals surface area contributed by atoms with E-state index in [1.54, 1.807) is 0 Å². The fourth-order valence-electron chi connectivity index (χ4n) is 1.75. The van der Waals surface area contributed by atoms with E-state index in [0.717, 1.165) is 12.8 Å². The molecule has 13 heavy (non-hydrogen) atoms. The molecule has 0 aromatic carbocycles. The molecule has 1 aliphatic carbocycles. The molecule has 0 bridgehead atoms. The van der Waals surface area contributed by atoms with Gasteiger partial charge in [-0.1, -0.05) is 26.7 Å². The van der Waals surface area contributed by atoms with Crippen molar-refractivity contribution in [2.45, 2.75) is 45.1 Å². The summed E-state index contributed by atoms with van der Waals surface area (Å²) in [6.07, 6.45) is 4.44. The average Bonchev–Trinajstić information content (AvgIpc) is 2.54. The molecule has 76 valence electrons. The summed E-state index contributed by atoms with van der Waals surface area (Å²) >= 11 is 5.90. The fourth-order valence-corrected chi connectivity index (χ4v) is 2.08. The van der Waals surface area contributed by atoms with Crippen molar-refractivity contribution < 1.29 is 4.79 Å². The standard InChI is InChI=1S/C10H18ClNO/c1-8(2)9(13)12-10(7-11)5-3-4-6-10/h8H,3-7H2,1-2H3,(H,12,13). The van der Waals surface area contributed by atoms with Gasteiger partial charge in [-0.2, -0.15) is 0 Å². The second kappa shape index (κ2) is 4.32. The van der Waals surface area contributed by atoms with Gasteiger partial charge in [-0.15, -0.1) is 11.6 Å². The number of amides is 1. The SMILES string of the molecule is CC(C)C(=O)NC1(CCl)CCCC1. The first-order chi connectivity index (χ1) is 6.09. The summed E-state index contributed by atoms with van der Waals surface area (Å²) in [4.78, 5) is 11.5. The molecule has 2 nitrogen and oxygen atoms in total. The van der Waals surface area contributed by atoms with Crippen LogP contribution in [-0.4, -0.2) is 17.3 Å². The summed E-state index contributed by atoms with van der Waals surface area (Å²) in [6.45, 7) is 3.82. The molecule has 1 N–H and O–H groups in total. The third-order valence-corrected chi connectivity index (χ3v) is 3.24. The quantitative estimate of drug-likeness (QED) is 0.701. The van der Waals surface area contributed by atoms with Gasteiger partial charge in [0.2, 0.25) is 5.91 Å². The minimum absolute atomic E-state index is 0.0562. The molecule has 0 aromatic rings. The van der Waals surface area contributed by atoms with E-state index in [0.29, 0.717) is 5.88 Å². The molecule has 3 heteroatoms. The molecule has 1 rings (SSSR count). The van der Waals surface area contributed by atoms with Gasteiger partial charge in [-0.3, -0.25) is 4.79 Å². The first-order valence-electron chi connectivity index (χ1n) is 4.98. The minimum Gasteiger partial charge on any atom is -0.349 e. The van der Waals surface area contributed by atoms with Crippen molar-refractivity contribution in [3.63, 3.8) is 0 Å². The highest BCUT2D eigenvalue weighted by atomic mass is 35.5. The van der Waals surface area contributed by atoms with Crippen molar-refractivity contribution in [3.05, 3.63) is 0 Å². The molecule has 1 aliphatic rings. The molecular formula is C10H18ClNO. The average molecular weight is 204 g/mol. The van der Waals surface area contributed by atoms with Crippen molar-refractivity contribution in [2.75, 3.05) is 5.88 Å². The number of hydrogen-bond acceptors (Lipinski definition) is 1. The molecule has 1 fully saturated rings. The number of carbonyl (C=O) groups is 1. The maximum atomic E-state index is 11.5. The maximum Gasteiger partial charge on any atom is 0.223 e. The van der Waals surface area contributed by atoms with Crippen molar-refractivity contribution >= 4 is 17.5 Å². The molecule has 1 amide bonds. The maximum absolute atomic E-state index is 11.5. The second-order valence-corrected chi connectivity index (χ2v) is 4.53. The van der Waals surface area contributed by atoms with Crippen LogP contribution in [0, 0.1) is 5.92 Å². The van der Waals surface area contributed by atoms with Crippen LogP contribution in [0.15, 0.2) is 0 Å². The first kappa shape index (κ1) is 10.8. The number of halogens is 1. The Bertz CT molecular complexity index is 185. The molecule has 0 saturated heterocycles. The molecule has 0 heterocycles. The van der Waals surface area contributed by atoms with Gasteiger partial charge in [0.1, 0.15) is 0 Å². The predicted octanol–water partition coefficient (Wildman–Crippen LogP) is 2.31. The van der Waals surface area contributed by atoms with Crippen molar-refractivity contribution in [2.24, 2.45) is 5.92 Å². The van der Waals surface area contributed by atoms with E-state index in [2.05, 4.69) is 5.32 Å². The molecular weight excluding hydrogens is 186 g/mol. The Kier molecular flexibility index (Phi) is 3.60. The van der Waals surface area contributed by atoms with Gasteiger partial charge in [0.05, 0.1) is 5.54 Å². The third-order valence-electron chi connectivity index (χ3n) is 2.73. The fraction of sp³-hybridized carbons (Fsp3) is 0.900. The summed E-state index contributed by atoms with van der Waals surface area (Å²) in [5, 5.41) is 3.07. The van der Waals surface area contributed by atoms with Crippen LogP contribution in [0.25, 0.3) is 0 Å². The van der Waals surface area contributed by atoms with Crippen LogP contribution in [0.2, 0.25) is 0 Å². The Morgan fingerprint density at radius 3 is 2.38 bits per heavy atom. The lowest BCUT2D eigenvalue weighted by atomic mass is 9.99. The number of alkyl halides is 1. The third kappa shape index (κ3) is 2.60. The largest absolute Gasteiger partial charge is 0.349 e. The van der Waals surface area contributed by atoms with Crippen LogP contribution in [0.1, 0.15) is 39.5 Å². The zero-order valence-electron chi connectivity index (χ0n) is 8.40. The Morgan fingerprint density at radius 2 is 2.00 bits per heavy atom. The molecule has 1 saturated carbocycles. The van der Waals surface area contributed by atoms with E-state index in [1.807, 2.05) is 13.8 Å². The zero-order valence-corrected chi connectivity index (χ0v) is 9.16. The molecule has 0 aliphatic heterocycles. The van der Waals surface area contributed by atoms with Gasteiger partial charge in [-0.05, 0) is 12.8 Å². The van der Waals surface area contributed by atoms with Crippen LogP contribution in [-0.2, 0) is 4.79 Å². The van der Waals surface area contributed by atoms with Crippen LogP contribution < -0.4 is 5.32 Å². The topological polar surface area (TPSA) is 29.1 Å². The van der Waals surface area contributed by atoms with Gasteiger partial charge < -0.3 is 5.32 Å². The molecule has 0 unspecified atom stereocenters. The zero-order chi connectivity index (χ0) is 9.90. The Balaban J connectivity index is 2.53. The van der Waals surface area contributed by atoms with Crippen LogP contribution in [0.5, 0.6) is 0 Å². The van der Waals surface area contributed by atoms with E-state index in [1.165, 1.54) is 12.8 Å². The highest BCUT2D eigenvalue weighted by molar-refractivity contribution is 6.18. The highest BCUT2D eigenvalue weighted by Gasteiger charge is 2.34. The van der Waals surface area contributed by atoms with Gasteiger partial charge >= 0.3 is 0 Å². The smallest absolute Gasteiger partial charge is 0.223 e. The van der Waals surface area contributed by atoms with E-state index >= 15 is 0 Å². The van der Waals surface area contributed by atoms with E-state index in [9.17, 15) is 4.79 Å². The van der Waals surface area contributed by atoms with Crippen molar-refractivity contribution in [1.29, 1.82) is 0 Å². The van der Waals surface area contributed by atoms with Gasteiger partial charge in [0.25, 0.3) is 0 Å². The molecule has 0 atom stereocenters. The lowest BCUT2D eigenvalue weighted by Crippen LogP contribution is -2.49. The normalized spacial score (nSPS) is 20.6. The Hall–Kier alpha value is -0.240. The highest BCUT2D eigenvalue weighted by Crippen LogP contribution is 2.30. The number of hydrogen-bond donors (Lipinski definition) is 1. The van der Waals surface area contributed by atoms with E-state index < -0.39 is 0 Å². The first-order valence-corrected chi connectivity index (χ1v) is 5.51. The summed E-state index contributed by atoms with van der Waals surface area (Å²) < 4.78 is 0. The lowest BCUT2D eigenvalue weighted by molar-refractivity contribution is -0.125. The van der Waals surface area contributed by atoms with E-state index in [4.69, 9.17) is 11.6 Å². The van der Waals surface area contributed by atoms with Crippen LogP contribution in [0.3, 0.4) is 0 Å². The summed E-state index contributed by atoms with van der Waals surface area (Å²) in [5.41, 5.74) is -0.0943. The molecule has 0 aromatic heterocycles. The second-order valence-electron chi connectivity index (χ2n) is 4.27. The van der Waals surface area contributed by atoms with Gasteiger partial charge in [0.15, 0.2) is 0 Å². The van der Waals surface area contributed by atoms with Crippen molar-refractivity contribution in [1.82, 2.24) is 5.32 Å². The monoisotopic (exact) mass is 203 g/mol. The van der Waals surface area contributed by atoms with Crippen LogP contribution >= 0.6 is 11.6 Å². The lowest BCUT2D eigenvalue weighted by Gasteiger charge is -2.28. The minimum atomic E-state index is -0.0943.